The molecule has 0 bridgehead atoms. The van der Waals surface area contributed by atoms with Crippen LogP contribution in [0.4, 0.5) is 8.78 Å². The maximum absolute atomic E-state index is 14.0. The molecule has 35 heavy (non-hydrogen) atoms. The average molecular weight is 480 g/mol. The molecule has 0 radical (unpaired) electrons. The molecule has 0 aliphatic carbocycles. The Labute approximate surface area is 201 Å². The topological polar surface area (TPSA) is 72.1 Å². The van der Waals surface area contributed by atoms with Crippen LogP contribution in [0.1, 0.15) is 23.2 Å². The van der Waals surface area contributed by atoms with Gasteiger partial charge in [-0.1, -0.05) is 30.3 Å². The van der Waals surface area contributed by atoms with Gasteiger partial charge in [-0.2, -0.15) is 10.2 Å². The lowest BCUT2D eigenvalue weighted by atomic mass is 10.1. The lowest BCUT2D eigenvalue weighted by Crippen LogP contribution is -2.49. The number of benzene rings is 1. The number of pyridine rings is 1. The monoisotopic (exact) mass is 479 g/mol. The third kappa shape index (κ3) is 4.79. The molecule has 0 unspecified atom stereocenters. The highest BCUT2D eigenvalue weighted by atomic mass is 19.3. The maximum atomic E-state index is 14.0. The number of carbonyl (C=O) groups excluding carboxylic acids is 1. The van der Waals surface area contributed by atoms with Crippen LogP contribution in [0.2, 0.25) is 0 Å². The van der Waals surface area contributed by atoms with Crippen LogP contribution >= 0.6 is 0 Å². The van der Waals surface area contributed by atoms with Crippen molar-refractivity contribution in [2.75, 3.05) is 26.2 Å². The van der Waals surface area contributed by atoms with Crippen molar-refractivity contribution in [2.45, 2.75) is 26.4 Å². The number of amides is 1. The van der Waals surface area contributed by atoms with Gasteiger partial charge in [0, 0.05) is 57.1 Å². The van der Waals surface area contributed by atoms with Crippen LogP contribution in [0.25, 0.3) is 22.3 Å². The van der Waals surface area contributed by atoms with Gasteiger partial charge in [-0.05, 0) is 18.6 Å². The number of nitrogens with zero attached hydrogens (tertiary/aromatic N) is 7. The van der Waals surface area contributed by atoms with Crippen molar-refractivity contribution in [1.82, 2.24) is 34.3 Å². The second kappa shape index (κ2) is 9.53. The van der Waals surface area contributed by atoms with Crippen molar-refractivity contribution in [3.63, 3.8) is 0 Å². The van der Waals surface area contributed by atoms with Crippen LogP contribution in [0.3, 0.4) is 0 Å². The Balaban J connectivity index is 1.35. The first-order valence-corrected chi connectivity index (χ1v) is 11.6. The molecular weight excluding hydrogens is 452 g/mol. The van der Waals surface area contributed by atoms with Crippen LogP contribution in [0.15, 0.2) is 48.8 Å². The Morgan fingerprint density at radius 3 is 2.51 bits per heavy atom. The van der Waals surface area contributed by atoms with Crippen LogP contribution in [-0.2, 0) is 24.9 Å². The van der Waals surface area contributed by atoms with E-state index in [4.69, 9.17) is 0 Å². The maximum Gasteiger partial charge on any atom is 0.264 e. The number of piperazine rings is 1. The summed E-state index contributed by atoms with van der Waals surface area (Å²) in [5.74, 6) is -0.0964. The summed E-state index contributed by atoms with van der Waals surface area (Å²) in [6.07, 6.45) is 0.606. The highest BCUT2D eigenvalue weighted by Gasteiger charge is 2.25. The zero-order valence-electron chi connectivity index (χ0n) is 19.7. The van der Waals surface area contributed by atoms with Gasteiger partial charge >= 0.3 is 0 Å². The number of alkyl halides is 2. The van der Waals surface area contributed by atoms with Crippen LogP contribution < -0.4 is 0 Å². The first-order chi connectivity index (χ1) is 16.9. The fourth-order valence-corrected chi connectivity index (χ4v) is 4.60. The van der Waals surface area contributed by atoms with E-state index in [2.05, 4.69) is 32.2 Å². The molecule has 0 N–H and O–H groups in total. The van der Waals surface area contributed by atoms with Crippen molar-refractivity contribution in [1.29, 1.82) is 0 Å². The summed E-state index contributed by atoms with van der Waals surface area (Å²) in [5.41, 5.74) is 2.83. The number of rotatable bonds is 6. The Hall–Kier alpha value is -3.66. The Morgan fingerprint density at radius 1 is 1.11 bits per heavy atom. The predicted octanol–water partition coefficient (Wildman–Crippen LogP) is 3.42. The van der Waals surface area contributed by atoms with Gasteiger partial charge in [-0.15, -0.1) is 0 Å². The third-order valence-electron chi connectivity index (χ3n) is 6.40. The Bertz CT molecular complexity index is 1340. The van der Waals surface area contributed by atoms with Gasteiger partial charge in [0.05, 0.1) is 23.0 Å². The van der Waals surface area contributed by atoms with Crippen LogP contribution in [0.5, 0.6) is 0 Å². The SMILES string of the molecule is Cc1nn(CC(=O)N2CCN(Cc3ccccc3)CC2)c2nc(-c3cnn(C)c3)cc(C(F)F)c12. The minimum atomic E-state index is -2.69. The number of hydrogen-bond donors (Lipinski definition) is 0. The number of aryl methyl sites for hydroxylation is 2. The molecule has 8 nitrogen and oxygen atoms in total. The summed E-state index contributed by atoms with van der Waals surface area (Å²) in [7, 11) is 1.75. The standard InChI is InChI=1S/C25H27F2N7O/c1-17-23-20(24(26)27)12-21(19-13-28-31(2)15-19)29-25(23)34(30-17)16-22(35)33-10-8-32(9-11-33)14-18-6-4-3-5-7-18/h3-7,12-13,15,24H,8-11,14,16H2,1-2H3. The zero-order valence-corrected chi connectivity index (χ0v) is 19.7. The predicted molar refractivity (Wildman–Crippen MR) is 128 cm³/mol. The second-order valence-electron chi connectivity index (χ2n) is 8.88. The lowest BCUT2D eigenvalue weighted by Gasteiger charge is -2.34. The van der Waals surface area contributed by atoms with Gasteiger partial charge in [-0.3, -0.25) is 14.4 Å². The molecule has 3 aromatic heterocycles. The molecule has 5 rings (SSSR count). The Kier molecular flexibility index (Phi) is 6.29. The number of fused-ring (bicyclic) bond motifs is 1. The molecule has 4 heterocycles. The number of carbonyl (C=O) groups is 1. The highest BCUT2D eigenvalue weighted by molar-refractivity contribution is 5.87. The molecule has 1 aliphatic rings. The van der Waals surface area contributed by atoms with Gasteiger partial charge < -0.3 is 4.90 Å². The first-order valence-electron chi connectivity index (χ1n) is 11.6. The normalized spacial score (nSPS) is 14.8. The van der Waals surface area contributed by atoms with Crippen molar-refractivity contribution < 1.29 is 13.6 Å². The zero-order chi connectivity index (χ0) is 24.5. The third-order valence-corrected chi connectivity index (χ3v) is 6.40. The summed E-state index contributed by atoms with van der Waals surface area (Å²) >= 11 is 0. The minimum absolute atomic E-state index is 0.0464. The van der Waals surface area contributed by atoms with E-state index in [1.807, 2.05) is 23.1 Å². The van der Waals surface area contributed by atoms with E-state index in [1.54, 1.807) is 31.0 Å². The van der Waals surface area contributed by atoms with E-state index in [1.165, 1.54) is 16.3 Å². The van der Waals surface area contributed by atoms with E-state index < -0.39 is 6.43 Å². The summed E-state index contributed by atoms with van der Waals surface area (Å²) in [6, 6.07) is 11.6. The number of halogens is 2. The van der Waals surface area contributed by atoms with Gasteiger partial charge in [0.15, 0.2) is 5.65 Å². The lowest BCUT2D eigenvalue weighted by molar-refractivity contribution is -0.133. The summed E-state index contributed by atoms with van der Waals surface area (Å²) in [6.45, 7) is 5.25. The van der Waals surface area contributed by atoms with Gasteiger partial charge in [0.1, 0.15) is 6.54 Å². The molecule has 1 fully saturated rings. The van der Waals surface area contributed by atoms with Crippen LogP contribution in [-0.4, -0.2) is 66.4 Å². The fraction of sp³-hybridized carbons (Fsp3) is 0.360. The van der Waals surface area contributed by atoms with Gasteiger partial charge in [-0.25, -0.2) is 18.4 Å². The summed E-state index contributed by atoms with van der Waals surface area (Å²) in [5, 5.41) is 8.84. The van der Waals surface area contributed by atoms with Crippen molar-refractivity contribution in [3.8, 4) is 11.3 Å². The van der Waals surface area contributed by atoms with Gasteiger partial charge in [0.2, 0.25) is 5.91 Å². The number of aromatic nitrogens is 5. The second-order valence-corrected chi connectivity index (χ2v) is 8.88. The van der Waals surface area contributed by atoms with Crippen molar-refractivity contribution >= 4 is 16.9 Å². The van der Waals surface area contributed by atoms with E-state index >= 15 is 0 Å². The summed E-state index contributed by atoms with van der Waals surface area (Å²) in [4.78, 5) is 21.9. The highest BCUT2D eigenvalue weighted by Crippen LogP contribution is 2.33. The van der Waals surface area contributed by atoms with Crippen molar-refractivity contribution in [2.24, 2.45) is 7.05 Å². The van der Waals surface area contributed by atoms with E-state index in [9.17, 15) is 13.6 Å². The molecule has 0 saturated carbocycles. The quantitative estimate of drug-likeness (QED) is 0.424. The molecule has 1 amide bonds. The van der Waals surface area contributed by atoms with Crippen molar-refractivity contribution in [3.05, 3.63) is 65.6 Å². The largest absolute Gasteiger partial charge is 0.339 e. The molecule has 10 heteroatoms. The molecular formula is C25H27F2N7O. The molecule has 4 aromatic rings. The molecule has 1 saturated heterocycles. The molecule has 182 valence electrons. The average Bonchev–Trinajstić information content (AvgIpc) is 3.42. The van der Waals surface area contributed by atoms with E-state index in [-0.39, 0.29) is 23.7 Å². The molecule has 0 spiro atoms. The van der Waals surface area contributed by atoms with Gasteiger partial charge in [0.25, 0.3) is 6.43 Å². The Morgan fingerprint density at radius 2 is 1.86 bits per heavy atom. The molecule has 1 aliphatic heterocycles. The first kappa shape index (κ1) is 23.1. The summed E-state index contributed by atoms with van der Waals surface area (Å²) < 4.78 is 31.0. The number of hydrogen-bond acceptors (Lipinski definition) is 5. The molecule has 1 aromatic carbocycles. The molecule has 0 atom stereocenters. The van der Waals surface area contributed by atoms with E-state index in [0.29, 0.717) is 35.4 Å². The van der Waals surface area contributed by atoms with E-state index in [0.717, 1.165) is 19.6 Å². The fourth-order valence-electron chi connectivity index (χ4n) is 4.60. The van der Waals surface area contributed by atoms with Crippen LogP contribution in [0, 0.1) is 6.92 Å². The minimum Gasteiger partial charge on any atom is -0.339 e. The smallest absolute Gasteiger partial charge is 0.264 e.